The van der Waals surface area contributed by atoms with E-state index in [2.05, 4.69) is 229 Å². The second-order valence-corrected chi connectivity index (χ2v) is 20.3. The van der Waals surface area contributed by atoms with Crippen molar-refractivity contribution in [1.29, 1.82) is 0 Å². The molecule has 0 aliphatic carbocycles. The Balaban J connectivity index is 0.977. The van der Waals surface area contributed by atoms with E-state index in [-0.39, 0.29) is 0 Å². The van der Waals surface area contributed by atoms with Crippen molar-refractivity contribution in [3.63, 3.8) is 0 Å². The summed E-state index contributed by atoms with van der Waals surface area (Å²) in [5.41, 5.74) is 11.3. The molecule has 0 aliphatic heterocycles. The summed E-state index contributed by atoms with van der Waals surface area (Å²) in [6.07, 6.45) is 0. The van der Waals surface area contributed by atoms with Crippen LogP contribution in [0.5, 0.6) is 0 Å². The van der Waals surface area contributed by atoms with Crippen molar-refractivity contribution >= 4 is 93.7 Å². The van der Waals surface area contributed by atoms with Gasteiger partial charge in [-0.3, -0.25) is 4.40 Å². The number of pyridine rings is 1. The van der Waals surface area contributed by atoms with E-state index in [0.29, 0.717) is 0 Å². The predicted molar refractivity (Wildman–Crippen MR) is 265 cm³/mol. The smallest absolute Gasteiger partial charge is 0.146 e. The molecule has 2 nitrogen and oxygen atoms in total. The average molecular weight is 813 g/mol. The van der Waals surface area contributed by atoms with Crippen molar-refractivity contribution in [3.8, 4) is 33.4 Å². The molecule has 0 atom stereocenters. The molecule has 0 saturated carbocycles. The van der Waals surface area contributed by atoms with Crippen molar-refractivity contribution in [2.75, 3.05) is 0 Å². The van der Waals surface area contributed by atoms with Crippen LogP contribution in [-0.2, 0) is 11.8 Å². The van der Waals surface area contributed by atoms with Crippen LogP contribution >= 0.6 is 6.04 Å². The first-order valence-corrected chi connectivity index (χ1v) is 23.5. The fraction of sp³-hybridized carbons (Fsp3) is 0. The van der Waals surface area contributed by atoms with Gasteiger partial charge in [0, 0.05) is 22.2 Å². The van der Waals surface area contributed by atoms with E-state index in [1.807, 2.05) is 0 Å². The number of aromatic nitrogens is 2. The molecule has 0 fully saturated rings. The van der Waals surface area contributed by atoms with Crippen molar-refractivity contribution in [2.24, 2.45) is 0 Å². The quantitative estimate of drug-likeness (QED) is 0.123. The first-order chi connectivity index (χ1) is 30.1. The molecule has 2 heterocycles. The van der Waals surface area contributed by atoms with Gasteiger partial charge >= 0.3 is 0 Å². The minimum Gasteiger partial charge on any atom is -0.292 e. The van der Waals surface area contributed by atoms with E-state index in [1.165, 1.54) is 81.6 Å². The van der Waals surface area contributed by atoms with Gasteiger partial charge in [-0.25, -0.2) is 4.98 Å². The van der Waals surface area contributed by atoms with Gasteiger partial charge in [0.05, 0.1) is 16.6 Å². The van der Waals surface area contributed by atoms with Crippen LogP contribution in [0.1, 0.15) is 0 Å². The molecular formula is C57H37N2PS. The highest BCUT2D eigenvalue weighted by atomic mass is 32.4. The lowest BCUT2D eigenvalue weighted by atomic mass is 9.95. The Morgan fingerprint density at radius 1 is 0.361 bits per heavy atom. The molecule has 0 aliphatic rings. The molecule has 0 saturated heterocycles. The van der Waals surface area contributed by atoms with E-state index in [4.69, 9.17) is 16.8 Å². The second kappa shape index (κ2) is 14.2. The Morgan fingerprint density at radius 2 is 0.902 bits per heavy atom. The van der Waals surface area contributed by atoms with Gasteiger partial charge in [0.15, 0.2) is 0 Å². The standard InChI is InChI=1S/C57H37N2PS/c61-60(45-15-3-1-4-16-45,46-17-5-2-6-18-46)47-31-26-39(27-32-47)38-22-24-40(25-23-38)43-30-35-54-52(36-43)56-50-20-10-8-13-42(50)28-33-51(56)57-58-53-34-29-44(37-55(53)59(54)57)49-21-11-14-41-12-7-9-19-48(41)49/h1-37H. The topological polar surface area (TPSA) is 17.3 Å². The van der Waals surface area contributed by atoms with Crippen LogP contribution in [0.25, 0.3) is 93.3 Å². The third-order valence-electron chi connectivity index (χ3n) is 12.5. The van der Waals surface area contributed by atoms with Gasteiger partial charge in [-0.1, -0.05) is 206 Å². The van der Waals surface area contributed by atoms with Crippen LogP contribution < -0.4 is 15.9 Å². The van der Waals surface area contributed by atoms with Crippen LogP contribution in [0.3, 0.4) is 0 Å². The van der Waals surface area contributed by atoms with Crippen molar-refractivity contribution in [1.82, 2.24) is 9.38 Å². The summed E-state index contributed by atoms with van der Waals surface area (Å²) >= 11 is 6.61. The minimum atomic E-state index is -2.21. The third-order valence-corrected chi connectivity index (χ3v) is 17.4. The zero-order valence-electron chi connectivity index (χ0n) is 33.1. The van der Waals surface area contributed by atoms with Gasteiger partial charge in [0.1, 0.15) is 5.65 Å². The van der Waals surface area contributed by atoms with Crippen molar-refractivity contribution in [3.05, 3.63) is 224 Å². The molecule has 10 aromatic carbocycles. The average Bonchev–Trinajstić information content (AvgIpc) is 3.73. The van der Waals surface area contributed by atoms with E-state index in [1.54, 1.807) is 0 Å². The maximum absolute atomic E-state index is 6.61. The van der Waals surface area contributed by atoms with Crippen LogP contribution in [0.15, 0.2) is 224 Å². The number of imidazole rings is 1. The molecule has 61 heavy (non-hydrogen) atoms. The largest absolute Gasteiger partial charge is 0.292 e. The summed E-state index contributed by atoms with van der Waals surface area (Å²) in [6, 6.07) is 79.0. The van der Waals surface area contributed by atoms with Crippen LogP contribution in [-0.4, -0.2) is 9.38 Å². The molecule has 12 aromatic rings. The molecular weight excluding hydrogens is 776 g/mol. The molecule has 0 unspecified atom stereocenters. The number of hydrogen-bond acceptors (Lipinski definition) is 2. The Hall–Kier alpha value is -7.16. The monoisotopic (exact) mass is 812 g/mol. The number of nitrogens with zero attached hydrogens (tertiary/aromatic N) is 2. The Kier molecular flexibility index (Phi) is 8.35. The Bertz CT molecular complexity index is 3660. The van der Waals surface area contributed by atoms with E-state index in [0.717, 1.165) is 27.6 Å². The highest BCUT2D eigenvalue weighted by Crippen LogP contribution is 2.44. The van der Waals surface area contributed by atoms with Gasteiger partial charge in [-0.15, -0.1) is 0 Å². The zero-order chi connectivity index (χ0) is 40.5. The normalized spacial score (nSPS) is 12.0. The van der Waals surface area contributed by atoms with Gasteiger partial charge in [-0.2, -0.15) is 0 Å². The summed E-state index contributed by atoms with van der Waals surface area (Å²) in [4.78, 5) is 5.32. The fourth-order valence-corrected chi connectivity index (χ4v) is 13.2. The first kappa shape index (κ1) is 35.8. The summed E-state index contributed by atoms with van der Waals surface area (Å²) in [5, 5.41) is 12.1. The highest BCUT2D eigenvalue weighted by molar-refractivity contribution is 8.25. The number of benzene rings is 10. The van der Waals surface area contributed by atoms with Gasteiger partial charge in [0.2, 0.25) is 0 Å². The molecule has 0 radical (unpaired) electrons. The van der Waals surface area contributed by atoms with E-state index in [9.17, 15) is 0 Å². The Morgan fingerprint density at radius 3 is 1.61 bits per heavy atom. The molecule has 4 heteroatoms. The van der Waals surface area contributed by atoms with Crippen LogP contribution in [0.4, 0.5) is 0 Å². The number of rotatable bonds is 6. The lowest BCUT2D eigenvalue weighted by Gasteiger charge is -2.24. The lowest BCUT2D eigenvalue weighted by Crippen LogP contribution is -2.24. The van der Waals surface area contributed by atoms with E-state index < -0.39 is 6.04 Å². The number of fused-ring (bicyclic) bond motifs is 11. The number of hydrogen-bond donors (Lipinski definition) is 0. The van der Waals surface area contributed by atoms with Crippen molar-refractivity contribution < 1.29 is 0 Å². The van der Waals surface area contributed by atoms with Gasteiger partial charge in [0.25, 0.3) is 0 Å². The van der Waals surface area contributed by atoms with Crippen LogP contribution in [0.2, 0.25) is 0 Å². The SMILES string of the molecule is S=P(c1ccccc1)(c1ccccc1)c1ccc(-c2ccc(-c3ccc4c(c3)c3c5ccccc5ccc3c3nc5ccc(-c6cccc7ccccc67)cc5n43)cc2)cc1. The van der Waals surface area contributed by atoms with Gasteiger partial charge < -0.3 is 0 Å². The second-order valence-electron chi connectivity index (χ2n) is 15.8. The molecule has 0 amide bonds. The lowest BCUT2D eigenvalue weighted by molar-refractivity contribution is 1.32. The summed E-state index contributed by atoms with van der Waals surface area (Å²) in [6.45, 7) is 0. The fourth-order valence-electron chi connectivity index (χ4n) is 9.45. The maximum Gasteiger partial charge on any atom is 0.146 e. The molecule has 0 spiro atoms. The van der Waals surface area contributed by atoms with E-state index >= 15 is 0 Å². The summed E-state index contributed by atoms with van der Waals surface area (Å²) in [5.74, 6) is 0. The molecule has 2 aromatic heterocycles. The van der Waals surface area contributed by atoms with Crippen molar-refractivity contribution in [2.45, 2.75) is 0 Å². The van der Waals surface area contributed by atoms with Gasteiger partial charge in [-0.05, 0) is 101 Å². The molecule has 12 rings (SSSR count). The molecule has 0 bridgehead atoms. The zero-order valence-corrected chi connectivity index (χ0v) is 34.8. The third kappa shape index (κ3) is 5.77. The minimum absolute atomic E-state index is 0.976. The maximum atomic E-state index is 6.61. The first-order valence-electron chi connectivity index (χ1n) is 20.7. The summed E-state index contributed by atoms with van der Waals surface area (Å²) < 4.78 is 2.38. The Labute approximate surface area is 359 Å². The highest BCUT2D eigenvalue weighted by Gasteiger charge is 2.25. The predicted octanol–water partition coefficient (Wildman–Crippen LogP) is 13.9. The van der Waals surface area contributed by atoms with Crippen LogP contribution in [0, 0.1) is 0 Å². The summed E-state index contributed by atoms with van der Waals surface area (Å²) in [7, 11) is 0. The molecule has 0 N–H and O–H groups in total. The molecule has 286 valence electrons.